The lowest BCUT2D eigenvalue weighted by Gasteiger charge is -2.36. The number of benzene rings is 1. The van der Waals surface area contributed by atoms with E-state index in [1.54, 1.807) is 25.2 Å². The molecule has 7 heteroatoms. The van der Waals surface area contributed by atoms with Crippen molar-refractivity contribution in [1.82, 2.24) is 5.32 Å². The summed E-state index contributed by atoms with van der Waals surface area (Å²) < 4.78 is 5.34. The molecule has 1 unspecified atom stereocenters. The molecule has 1 saturated heterocycles. The van der Waals surface area contributed by atoms with E-state index >= 15 is 0 Å². The molecule has 0 saturated carbocycles. The zero-order valence-corrected chi connectivity index (χ0v) is 11.3. The minimum absolute atomic E-state index is 0.159. The van der Waals surface area contributed by atoms with Crippen LogP contribution >= 0.6 is 0 Å². The Hall–Kier alpha value is -2.28. The number of likely N-dealkylation sites (N-methyl/N-ethyl adjacent to an activating group) is 1. The van der Waals surface area contributed by atoms with E-state index in [-0.39, 0.29) is 23.8 Å². The maximum Gasteiger partial charge on any atom is 0.250 e. The van der Waals surface area contributed by atoms with Gasteiger partial charge in [-0.2, -0.15) is 0 Å². The van der Waals surface area contributed by atoms with Gasteiger partial charge < -0.3 is 26.4 Å². The lowest BCUT2D eigenvalue weighted by molar-refractivity contribution is -0.124. The van der Waals surface area contributed by atoms with Crippen molar-refractivity contribution in [3.8, 4) is 0 Å². The van der Waals surface area contributed by atoms with Crippen LogP contribution in [-0.2, 0) is 9.53 Å². The van der Waals surface area contributed by atoms with E-state index < -0.39 is 11.9 Å². The molecule has 0 bridgehead atoms. The van der Waals surface area contributed by atoms with Crippen LogP contribution in [0.3, 0.4) is 0 Å². The Kier molecular flexibility index (Phi) is 4.09. The summed E-state index contributed by atoms with van der Waals surface area (Å²) >= 11 is 0. The third-order valence-corrected chi connectivity index (χ3v) is 3.34. The van der Waals surface area contributed by atoms with E-state index in [2.05, 4.69) is 5.32 Å². The van der Waals surface area contributed by atoms with Gasteiger partial charge in [0.05, 0.1) is 30.2 Å². The van der Waals surface area contributed by atoms with E-state index in [0.29, 0.717) is 18.8 Å². The van der Waals surface area contributed by atoms with Gasteiger partial charge in [-0.05, 0) is 12.1 Å². The number of carbonyl (C=O) groups excluding carboxylic acids is 2. The number of nitrogens with zero attached hydrogens (tertiary/aromatic N) is 1. The van der Waals surface area contributed by atoms with Crippen molar-refractivity contribution in [1.29, 1.82) is 0 Å². The number of hydrogen-bond acceptors (Lipinski definition) is 5. The summed E-state index contributed by atoms with van der Waals surface area (Å²) in [4.78, 5) is 25.1. The molecule has 1 aromatic rings. The number of primary amides is 1. The SMILES string of the molecule is CNC(=O)C1COCCN1c1cccc(C(N)=O)c1N. The molecule has 1 aliphatic heterocycles. The van der Waals surface area contributed by atoms with Gasteiger partial charge in [-0.15, -0.1) is 0 Å². The van der Waals surface area contributed by atoms with E-state index in [1.807, 2.05) is 4.90 Å². The smallest absolute Gasteiger partial charge is 0.250 e. The predicted octanol–water partition coefficient (Wildman–Crippen LogP) is -0.681. The number of amides is 2. The second kappa shape index (κ2) is 5.79. The van der Waals surface area contributed by atoms with Gasteiger partial charge >= 0.3 is 0 Å². The highest BCUT2D eigenvalue weighted by Crippen LogP contribution is 2.29. The van der Waals surface area contributed by atoms with Gasteiger partial charge in [0.15, 0.2) is 0 Å². The second-order valence-corrected chi connectivity index (χ2v) is 4.50. The zero-order chi connectivity index (χ0) is 14.7. The summed E-state index contributed by atoms with van der Waals surface area (Å²) in [5.41, 5.74) is 12.5. The Morgan fingerprint density at radius 1 is 1.45 bits per heavy atom. The number of nitrogens with one attached hydrogen (secondary N) is 1. The van der Waals surface area contributed by atoms with Crippen LogP contribution in [0.15, 0.2) is 18.2 Å². The van der Waals surface area contributed by atoms with E-state index in [0.717, 1.165) is 0 Å². The number of nitrogen functional groups attached to an aromatic ring is 1. The minimum atomic E-state index is -0.589. The first-order chi connectivity index (χ1) is 9.56. The molecule has 0 aromatic heterocycles. The fourth-order valence-corrected chi connectivity index (χ4v) is 2.29. The van der Waals surface area contributed by atoms with Gasteiger partial charge in [-0.1, -0.05) is 6.07 Å². The number of hydrogen-bond donors (Lipinski definition) is 3. The maximum atomic E-state index is 11.9. The molecule has 1 atom stereocenters. The van der Waals surface area contributed by atoms with Crippen LogP contribution < -0.4 is 21.7 Å². The fourth-order valence-electron chi connectivity index (χ4n) is 2.29. The van der Waals surface area contributed by atoms with Crippen LogP contribution in [0, 0.1) is 0 Å². The lowest BCUT2D eigenvalue weighted by atomic mass is 10.1. The average molecular weight is 278 g/mol. The molecular formula is C13H18N4O3. The topological polar surface area (TPSA) is 111 Å². The molecule has 0 aliphatic carbocycles. The van der Waals surface area contributed by atoms with Crippen molar-refractivity contribution in [3.05, 3.63) is 23.8 Å². The van der Waals surface area contributed by atoms with Crippen LogP contribution in [0.5, 0.6) is 0 Å². The van der Waals surface area contributed by atoms with Crippen LogP contribution in [0.4, 0.5) is 11.4 Å². The van der Waals surface area contributed by atoms with Crippen molar-refractivity contribution < 1.29 is 14.3 Å². The standard InChI is InChI=1S/C13H18N4O3/c1-16-13(19)10-7-20-6-5-17(10)9-4-2-3-8(11(9)14)12(15)18/h2-4,10H,5-7,14H2,1H3,(H2,15,18)(H,16,19). The number of carbonyl (C=O) groups is 2. The summed E-state index contributed by atoms with van der Waals surface area (Å²) in [6, 6.07) is 4.56. The number of rotatable bonds is 3. The lowest BCUT2D eigenvalue weighted by Crippen LogP contribution is -2.53. The first-order valence-corrected chi connectivity index (χ1v) is 6.30. The van der Waals surface area contributed by atoms with Gasteiger partial charge in [0.25, 0.3) is 5.91 Å². The largest absolute Gasteiger partial charge is 0.396 e. The van der Waals surface area contributed by atoms with Gasteiger partial charge in [-0.25, -0.2) is 0 Å². The monoisotopic (exact) mass is 278 g/mol. The molecule has 1 fully saturated rings. The Bertz CT molecular complexity index is 532. The second-order valence-electron chi connectivity index (χ2n) is 4.50. The predicted molar refractivity (Wildman–Crippen MR) is 75.4 cm³/mol. The van der Waals surface area contributed by atoms with Gasteiger partial charge in [-0.3, -0.25) is 9.59 Å². The molecule has 0 radical (unpaired) electrons. The molecule has 1 heterocycles. The van der Waals surface area contributed by atoms with Crippen molar-refractivity contribution >= 4 is 23.2 Å². The Morgan fingerprint density at radius 3 is 2.85 bits per heavy atom. The van der Waals surface area contributed by atoms with Crippen molar-refractivity contribution in [2.75, 3.05) is 37.4 Å². The van der Waals surface area contributed by atoms with Gasteiger partial charge in [0, 0.05) is 13.6 Å². The molecule has 108 valence electrons. The van der Waals surface area contributed by atoms with Crippen LogP contribution in [-0.4, -0.2) is 44.7 Å². The molecule has 2 rings (SSSR count). The molecule has 20 heavy (non-hydrogen) atoms. The zero-order valence-electron chi connectivity index (χ0n) is 11.3. The normalized spacial score (nSPS) is 18.6. The van der Waals surface area contributed by atoms with Crippen LogP contribution in [0.1, 0.15) is 10.4 Å². The van der Waals surface area contributed by atoms with Gasteiger partial charge in [0.2, 0.25) is 5.91 Å². The van der Waals surface area contributed by atoms with Crippen molar-refractivity contribution in [2.45, 2.75) is 6.04 Å². The number of nitrogens with two attached hydrogens (primary N) is 2. The maximum absolute atomic E-state index is 11.9. The summed E-state index contributed by atoms with van der Waals surface area (Å²) in [6.07, 6.45) is 0. The van der Waals surface area contributed by atoms with Crippen LogP contribution in [0.25, 0.3) is 0 Å². The first-order valence-electron chi connectivity index (χ1n) is 6.30. The average Bonchev–Trinajstić information content (AvgIpc) is 2.46. The number of para-hydroxylation sites is 1. The molecule has 1 aromatic carbocycles. The third kappa shape index (κ3) is 2.53. The van der Waals surface area contributed by atoms with Crippen molar-refractivity contribution in [3.63, 3.8) is 0 Å². The highest BCUT2D eigenvalue weighted by atomic mass is 16.5. The summed E-state index contributed by atoms with van der Waals surface area (Å²) in [5.74, 6) is -0.748. The highest BCUT2D eigenvalue weighted by Gasteiger charge is 2.30. The third-order valence-electron chi connectivity index (χ3n) is 3.34. The number of anilines is 2. The molecule has 2 amide bonds. The van der Waals surface area contributed by atoms with Crippen LogP contribution in [0.2, 0.25) is 0 Å². The van der Waals surface area contributed by atoms with E-state index in [1.165, 1.54) is 0 Å². The first kappa shape index (κ1) is 14.1. The van der Waals surface area contributed by atoms with E-state index in [4.69, 9.17) is 16.2 Å². The summed E-state index contributed by atoms with van der Waals surface area (Å²) in [5, 5.41) is 2.60. The highest BCUT2D eigenvalue weighted by molar-refractivity contribution is 6.01. The molecule has 5 N–H and O–H groups in total. The Balaban J connectivity index is 2.40. The number of morpholine rings is 1. The summed E-state index contributed by atoms with van der Waals surface area (Å²) in [6.45, 7) is 1.29. The minimum Gasteiger partial charge on any atom is -0.396 e. The fraction of sp³-hybridized carbons (Fsp3) is 0.385. The molecule has 1 aliphatic rings. The Morgan fingerprint density at radius 2 is 2.20 bits per heavy atom. The summed E-state index contributed by atoms with van der Waals surface area (Å²) in [7, 11) is 1.57. The molecule has 7 nitrogen and oxygen atoms in total. The Labute approximate surface area is 116 Å². The molecule has 0 spiro atoms. The number of ether oxygens (including phenoxy) is 1. The van der Waals surface area contributed by atoms with Gasteiger partial charge in [0.1, 0.15) is 6.04 Å². The molecular weight excluding hydrogens is 260 g/mol. The quantitative estimate of drug-likeness (QED) is 0.634. The van der Waals surface area contributed by atoms with E-state index in [9.17, 15) is 9.59 Å². The van der Waals surface area contributed by atoms with Crippen molar-refractivity contribution in [2.24, 2.45) is 5.73 Å².